The third-order valence-corrected chi connectivity index (χ3v) is 5.73. The topological polar surface area (TPSA) is 87.1 Å². The van der Waals surface area contributed by atoms with Crippen LogP contribution in [-0.2, 0) is 9.53 Å². The van der Waals surface area contributed by atoms with Crippen LogP contribution < -0.4 is 5.32 Å². The molecule has 0 aromatic heterocycles. The third-order valence-electron chi connectivity index (χ3n) is 5.73. The summed E-state index contributed by atoms with van der Waals surface area (Å²) in [6, 6.07) is 0. The van der Waals surface area contributed by atoms with Gasteiger partial charge in [-0.3, -0.25) is 4.79 Å². The molecule has 6 heteroatoms. The van der Waals surface area contributed by atoms with E-state index >= 15 is 0 Å². The lowest BCUT2D eigenvalue weighted by Gasteiger charge is -2.59. The van der Waals surface area contributed by atoms with Crippen LogP contribution in [0.1, 0.15) is 39.0 Å². The van der Waals surface area contributed by atoms with Gasteiger partial charge in [0.2, 0.25) is 0 Å². The average molecular weight is 292 g/mol. The van der Waals surface area contributed by atoms with Gasteiger partial charge in [-0.2, -0.15) is 0 Å². The smallest absolute Gasteiger partial charge is 0.326 e. The van der Waals surface area contributed by atoms with Gasteiger partial charge < -0.3 is 10.1 Å². The maximum atomic E-state index is 12.7. The van der Waals surface area contributed by atoms with Gasteiger partial charge in [0.15, 0.2) is 0 Å². The molecule has 6 nitrogen and oxygen atoms in total. The van der Waals surface area contributed by atoms with E-state index < -0.39 is 5.54 Å². The fourth-order valence-electron chi connectivity index (χ4n) is 5.23. The lowest BCUT2D eigenvalue weighted by molar-refractivity contribution is -0.170. The minimum absolute atomic E-state index is 0.0836. The van der Waals surface area contributed by atoms with Crippen molar-refractivity contribution in [2.24, 2.45) is 28.8 Å². The molecule has 0 unspecified atom stereocenters. The molecule has 0 aromatic carbocycles. The average Bonchev–Trinajstić information content (AvgIpc) is 2.45. The monoisotopic (exact) mass is 292 g/mol. The SMILES string of the molecule is CCOC(=O)C1(NCCN=[N+]=[N-])C2CC3CC(C2)CC1C3. The highest BCUT2D eigenvalue weighted by Gasteiger charge is 2.61. The first-order chi connectivity index (χ1) is 10.2. The lowest BCUT2D eigenvalue weighted by atomic mass is 9.48. The van der Waals surface area contributed by atoms with Crippen molar-refractivity contribution in [3.63, 3.8) is 0 Å². The summed E-state index contributed by atoms with van der Waals surface area (Å²) in [4.78, 5) is 15.5. The van der Waals surface area contributed by atoms with Gasteiger partial charge in [0.25, 0.3) is 0 Å². The molecule has 0 aliphatic heterocycles. The highest BCUT2D eigenvalue weighted by atomic mass is 16.5. The molecule has 21 heavy (non-hydrogen) atoms. The van der Waals surface area contributed by atoms with Crippen molar-refractivity contribution in [3.8, 4) is 0 Å². The predicted molar refractivity (Wildman–Crippen MR) is 78.4 cm³/mol. The first kappa shape index (κ1) is 14.7. The number of rotatable bonds is 6. The second-order valence-corrected chi connectivity index (χ2v) is 6.78. The fourth-order valence-corrected chi connectivity index (χ4v) is 5.23. The zero-order chi connectivity index (χ0) is 14.9. The Balaban J connectivity index is 1.81. The molecule has 0 atom stereocenters. The minimum atomic E-state index is -0.533. The highest BCUT2D eigenvalue weighted by molar-refractivity contribution is 5.82. The molecule has 4 fully saturated rings. The van der Waals surface area contributed by atoms with Crippen LogP contribution in [-0.4, -0.2) is 31.2 Å². The summed E-state index contributed by atoms with van der Waals surface area (Å²) in [7, 11) is 0. The number of nitrogens with one attached hydrogen (secondary N) is 1. The molecule has 0 spiro atoms. The van der Waals surface area contributed by atoms with Crippen molar-refractivity contribution in [2.45, 2.75) is 44.6 Å². The molecular formula is C15H24N4O2. The Morgan fingerprint density at radius 3 is 2.43 bits per heavy atom. The van der Waals surface area contributed by atoms with Gasteiger partial charge in [-0.05, 0) is 68.2 Å². The Morgan fingerprint density at radius 2 is 1.90 bits per heavy atom. The summed E-state index contributed by atoms with van der Waals surface area (Å²) >= 11 is 0. The molecule has 116 valence electrons. The van der Waals surface area contributed by atoms with E-state index in [1.54, 1.807) is 0 Å². The number of carbonyl (C=O) groups is 1. The molecule has 0 saturated heterocycles. The Labute approximate surface area is 125 Å². The van der Waals surface area contributed by atoms with Crippen molar-refractivity contribution in [3.05, 3.63) is 10.4 Å². The molecule has 4 bridgehead atoms. The second kappa shape index (κ2) is 5.85. The summed E-state index contributed by atoms with van der Waals surface area (Å²) in [5.74, 6) is 2.29. The number of nitrogens with zero attached hydrogens (tertiary/aromatic N) is 3. The first-order valence-electron chi connectivity index (χ1n) is 8.13. The molecule has 1 N–H and O–H groups in total. The molecular weight excluding hydrogens is 268 g/mol. The van der Waals surface area contributed by atoms with Gasteiger partial charge in [-0.15, -0.1) is 0 Å². The van der Waals surface area contributed by atoms with Crippen LogP contribution in [0.5, 0.6) is 0 Å². The summed E-state index contributed by atoms with van der Waals surface area (Å²) in [5, 5.41) is 7.03. The van der Waals surface area contributed by atoms with Crippen LogP contribution in [0.2, 0.25) is 0 Å². The maximum Gasteiger partial charge on any atom is 0.326 e. The normalized spacial score (nSPS) is 39.9. The molecule has 0 amide bonds. The zero-order valence-corrected chi connectivity index (χ0v) is 12.6. The summed E-state index contributed by atoms with van der Waals surface area (Å²) < 4.78 is 5.42. The van der Waals surface area contributed by atoms with Crippen LogP contribution in [0.15, 0.2) is 5.11 Å². The van der Waals surface area contributed by atoms with Crippen LogP contribution >= 0.6 is 0 Å². The summed E-state index contributed by atoms with van der Waals surface area (Å²) in [6.45, 7) is 3.21. The quantitative estimate of drug-likeness (QED) is 0.268. The van der Waals surface area contributed by atoms with Crippen molar-refractivity contribution >= 4 is 5.97 Å². The number of carbonyl (C=O) groups excluding carboxylic acids is 1. The van der Waals surface area contributed by atoms with E-state index in [-0.39, 0.29) is 5.97 Å². The Kier molecular flexibility index (Phi) is 4.09. The van der Waals surface area contributed by atoms with Crippen molar-refractivity contribution < 1.29 is 9.53 Å². The molecule has 4 aliphatic carbocycles. The number of esters is 1. The molecule has 0 aromatic rings. The van der Waals surface area contributed by atoms with Crippen molar-refractivity contribution in [1.82, 2.24) is 5.32 Å². The van der Waals surface area contributed by atoms with E-state index in [1.807, 2.05) is 6.92 Å². The fraction of sp³-hybridized carbons (Fsp3) is 0.933. The third kappa shape index (κ3) is 2.40. The molecule has 4 saturated carbocycles. The zero-order valence-electron chi connectivity index (χ0n) is 12.6. The van der Waals surface area contributed by atoms with E-state index in [1.165, 1.54) is 6.42 Å². The first-order valence-corrected chi connectivity index (χ1v) is 8.13. The number of azide groups is 1. The van der Waals surface area contributed by atoms with Crippen molar-refractivity contribution in [1.29, 1.82) is 0 Å². The molecule has 0 radical (unpaired) electrons. The van der Waals surface area contributed by atoms with Gasteiger partial charge in [0.1, 0.15) is 5.54 Å². The maximum absolute atomic E-state index is 12.7. The van der Waals surface area contributed by atoms with Gasteiger partial charge >= 0.3 is 5.97 Å². The van der Waals surface area contributed by atoms with Gasteiger partial charge in [0, 0.05) is 18.0 Å². The van der Waals surface area contributed by atoms with Crippen molar-refractivity contribution in [2.75, 3.05) is 19.7 Å². The van der Waals surface area contributed by atoms with Gasteiger partial charge in [0.05, 0.1) is 6.61 Å². The highest BCUT2D eigenvalue weighted by Crippen LogP contribution is 2.58. The van der Waals surface area contributed by atoms with Gasteiger partial charge in [-0.25, -0.2) is 0 Å². The molecule has 4 rings (SSSR count). The standard InChI is InChI=1S/C15H24N4O2/c1-2-21-14(20)15(17-3-4-18-19-16)12-6-10-5-11(8-12)9-13(15)7-10/h10-13,17H,2-9H2,1H3. The Bertz CT molecular complexity index is 431. The van der Waals surface area contributed by atoms with Crippen LogP contribution in [0.25, 0.3) is 10.4 Å². The van der Waals surface area contributed by atoms with E-state index in [0.717, 1.165) is 37.5 Å². The minimum Gasteiger partial charge on any atom is -0.465 e. The summed E-state index contributed by atoms with van der Waals surface area (Å²) in [6.07, 6.45) is 5.91. The number of hydrogen-bond acceptors (Lipinski definition) is 4. The molecule has 0 heterocycles. The van der Waals surface area contributed by atoms with E-state index in [0.29, 0.717) is 31.5 Å². The van der Waals surface area contributed by atoms with Crippen LogP contribution in [0.3, 0.4) is 0 Å². The van der Waals surface area contributed by atoms with Crippen LogP contribution in [0.4, 0.5) is 0 Å². The van der Waals surface area contributed by atoms with E-state index in [4.69, 9.17) is 10.3 Å². The van der Waals surface area contributed by atoms with Crippen LogP contribution in [0, 0.1) is 23.7 Å². The predicted octanol–water partition coefficient (Wildman–Crippen LogP) is 2.64. The Morgan fingerprint density at radius 1 is 1.29 bits per heavy atom. The molecule has 4 aliphatic rings. The summed E-state index contributed by atoms with van der Waals surface area (Å²) in [5.41, 5.74) is 7.87. The second-order valence-electron chi connectivity index (χ2n) is 6.78. The largest absolute Gasteiger partial charge is 0.465 e. The Hall–Kier alpha value is -1.26. The number of ether oxygens (including phenoxy) is 1. The van der Waals surface area contributed by atoms with E-state index in [2.05, 4.69) is 15.3 Å². The van der Waals surface area contributed by atoms with Gasteiger partial charge in [-0.1, -0.05) is 5.11 Å². The van der Waals surface area contributed by atoms with E-state index in [9.17, 15) is 4.79 Å². The number of hydrogen-bond donors (Lipinski definition) is 1. The lowest BCUT2D eigenvalue weighted by Crippen LogP contribution is -2.69.